The third-order valence-corrected chi connectivity index (χ3v) is 4.85. The fourth-order valence-electron chi connectivity index (χ4n) is 3.36. The lowest BCUT2D eigenvalue weighted by Crippen LogP contribution is -2.48. The second-order valence-electron chi connectivity index (χ2n) is 6.39. The van der Waals surface area contributed by atoms with Crippen molar-refractivity contribution in [3.8, 4) is 0 Å². The summed E-state index contributed by atoms with van der Waals surface area (Å²) in [5, 5.41) is 12.0. The van der Waals surface area contributed by atoms with Gasteiger partial charge in [0, 0.05) is 26.7 Å². The third-order valence-electron chi connectivity index (χ3n) is 4.85. The first kappa shape index (κ1) is 16.1. The van der Waals surface area contributed by atoms with Crippen LogP contribution in [0.5, 0.6) is 0 Å². The van der Waals surface area contributed by atoms with Gasteiger partial charge in [0.2, 0.25) is 0 Å². The van der Waals surface area contributed by atoms with E-state index in [1.165, 1.54) is 19.3 Å². The molecule has 21 heavy (non-hydrogen) atoms. The van der Waals surface area contributed by atoms with Crippen LogP contribution < -0.4 is 5.32 Å². The molecular formula is C15H26N2O4. The zero-order valence-corrected chi connectivity index (χ0v) is 12.8. The van der Waals surface area contributed by atoms with E-state index < -0.39 is 11.9 Å². The van der Waals surface area contributed by atoms with Gasteiger partial charge in [-0.05, 0) is 37.5 Å². The number of likely N-dealkylation sites (tertiary alicyclic amines) is 1. The summed E-state index contributed by atoms with van der Waals surface area (Å²) in [6, 6.07) is -0.132. The summed E-state index contributed by atoms with van der Waals surface area (Å²) in [6.45, 7) is 2.37. The molecule has 2 aliphatic rings. The molecule has 6 heteroatoms. The molecule has 1 unspecified atom stereocenters. The highest BCUT2D eigenvalue weighted by Crippen LogP contribution is 2.43. The average molecular weight is 298 g/mol. The predicted molar refractivity (Wildman–Crippen MR) is 78.1 cm³/mol. The van der Waals surface area contributed by atoms with Crippen LogP contribution in [0.1, 0.15) is 38.5 Å². The van der Waals surface area contributed by atoms with Crippen LogP contribution in [0.3, 0.4) is 0 Å². The Kier molecular flexibility index (Phi) is 5.45. The fourth-order valence-corrected chi connectivity index (χ4v) is 3.36. The minimum absolute atomic E-state index is 0.132. The summed E-state index contributed by atoms with van der Waals surface area (Å²) in [5.74, 6) is -1.23. The highest BCUT2D eigenvalue weighted by molar-refractivity contribution is 5.76. The van der Waals surface area contributed by atoms with Crippen LogP contribution in [0.2, 0.25) is 0 Å². The van der Waals surface area contributed by atoms with Gasteiger partial charge in [-0.2, -0.15) is 0 Å². The molecular weight excluding hydrogens is 272 g/mol. The summed E-state index contributed by atoms with van der Waals surface area (Å²) in [7, 11) is 1.72. The second kappa shape index (κ2) is 7.11. The van der Waals surface area contributed by atoms with Crippen molar-refractivity contribution in [2.75, 3.05) is 33.4 Å². The lowest BCUT2D eigenvalue weighted by atomic mass is 9.67. The molecule has 1 aliphatic carbocycles. The molecule has 2 fully saturated rings. The second-order valence-corrected chi connectivity index (χ2v) is 6.39. The average Bonchev–Trinajstić information content (AvgIpc) is 2.44. The van der Waals surface area contributed by atoms with Gasteiger partial charge in [0.1, 0.15) is 0 Å². The molecule has 1 saturated carbocycles. The topological polar surface area (TPSA) is 78.9 Å². The van der Waals surface area contributed by atoms with E-state index in [0.717, 1.165) is 19.4 Å². The van der Waals surface area contributed by atoms with E-state index in [0.29, 0.717) is 26.1 Å². The van der Waals surface area contributed by atoms with Crippen LogP contribution >= 0.6 is 0 Å². The first-order valence-corrected chi connectivity index (χ1v) is 7.81. The SMILES string of the molecule is COCC1(CCNC(=O)N2CCCC(C(=O)O)C2)CCC1. The van der Waals surface area contributed by atoms with Gasteiger partial charge in [-0.15, -0.1) is 0 Å². The number of nitrogens with one attached hydrogen (secondary N) is 1. The van der Waals surface area contributed by atoms with Crippen molar-refractivity contribution in [1.29, 1.82) is 0 Å². The van der Waals surface area contributed by atoms with Gasteiger partial charge in [0.25, 0.3) is 0 Å². The van der Waals surface area contributed by atoms with E-state index in [1.54, 1.807) is 12.0 Å². The standard InChI is InChI=1S/C15H26N2O4/c1-21-11-15(5-3-6-15)7-8-16-14(20)17-9-2-4-12(10-17)13(18)19/h12H,2-11H2,1H3,(H,16,20)(H,18,19). The molecule has 1 heterocycles. The molecule has 0 aromatic rings. The molecule has 2 N–H and O–H groups in total. The van der Waals surface area contributed by atoms with Gasteiger partial charge in [0.05, 0.1) is 12.5 Å². The summed E-state index contributed by atoms with van der Waals surface area (Å²) in [4.78, 5) is 24.8. The molecule has 1 aliphatic heterocycles. The number of aliphatic carboxylic acids is 1. The lowest BCUT2D eigenvalue weighted by Gasteiger charge is -2.41. The molecule has 0 aromatic carbocycles. The maximum Gasteiger partial charge on any atom is 0.317 e. The van der Waals surface area contributed by atoms with Gasteiger partial charge in [-0.3, -0.25) is 4.79 Å². The number of carbonyl (C=O) groups excluding carboxylic acids is 1. The zero-order chi connectivity index (χ0) is 15.3. The van der Waals surface area contributed by atoms with E-state index >= 15 is 0 Å². The van der Waals surface area contributed by atoms with Crippen molar-refractivity contribution in [3.05, 3.63) is 0 Å². The number of carboxylic acids is 1. The Morgan fingerprint density at radius 1 is 1.38 bits per heavy atom. The summed E-state index contributed by atoms with van der Waals surface area (Å²) in [5.41, 5.74) is 0.244. The molecule has 120 valence electrons. The van der Waals surface area contributed by atoms with Crippen molar-refractivity contribution >= 4 is 12.0 Å². The number of ether oxygens (including phenoxy) is 1. The van der Waals surface area contributed by atoms with E-state index in [1.807, 2.05) is 0 Å². The molecule has 1 saturated heterocycles. The molecule has 1 atom stereocenters. The van der Waals surface area contributed by atoms with E-state index in [9.17, 15) is 9.59 Å². The van der Waals surface area contributed by atoms with Gasteiger partial charge in [-0.25, -0.2) is 4.79 Å². The summed E-state index contributed by atoms with van der Waals surface area (Å²) < 4.78 is 5.28. The molecule has 0 spiro atoms. The van der Waals surface area contributed by atoms with E-state index in [-0.39, 0.29) is 11.4 Å². The molecule has 0 bridgehead atoms. The number of nitrogens with zero attached hydrogens (tertiary/aromatic N) is 1. The first-order valence-electron chi connectivity index (χ1n) is 7.81. The van der Waals surface area contributed by atoms with Gasteiger partial charge in [0.15, 0.2) is 0 Å². The van der Waals surface area contributed by atoms with Crippen LogP contribution in [-0.4, -0.2) is 55.4 Å². The zero-order valence-electron chi connectivity index (χ0n) is 12.8. The number of carbonyl (C=O) groups is 2. The van der Waals surface area contributed by atoms with Crippen molar-refractivity contribution in [2.45, 2.75) is 38.5 Å². The summed E-state index contributed by atoms with van der Waals surface area (Å²) >= 11 is 0. The maximum atomic E-state index is 12.1. The molecule has 2 rings (SSSR count). The minimum atomic E-state index is -0.805. The third kappa shape index (κ3) is 4.09. The maximum absolute atomic E-state index is 12.1. The largest absolute Gasteiger partial charge is 0.481 e. The molecule has 0 aromatic heterocycles. The van der Waals surface area contributed by atoms with Crippen molar-refractivity contribution in [1.82, 2.24) is 10.2 Å². The van der Waals surface area contributed by atoms with Crippen LogP contribution in [0, 0.1) is 11.3 Å². The number of urea groups is 1. The Balaban J connectivity index is 1.73. The number of carboxylic acid groups (broad SMARTS) is 1. The van der Waals surface area contributed by atoms with Crippen LogP contribution in [0.15, 0.2) is 0 Å². The Morgan fingerprint density at radius 3 is 2.71 bits per heavy atom. The van der Waals surface area contributed by atoms with Gasteiger partial charge >= 0.3 is 12.0 Å². The normalized spacial score (nSPS) is 24.2. The van der Waals surface area contributed by atoms with Gasteiger partial charge in [-0.1, -0.05) is 6.42 Å². The number of methoxy groups -OCH3 is 1. The quantitative estimate of drug-likeness (QED) is 0.782. The molecule has 0 radical (unpaired) electrons. The van der Waals surface area contributed by atoms with E-state index in [2.05, 4.69) is 5.32 Å². The van der Waals surface area contributed by atoms with Gasteiger partial charge < -0.3 is 20.1 Å². The van der Waals surface area contributed by atoms with Crippen molar-refractivity contribution in [2.24, 2.45) is 11.3 Å². The number of rotatable bonds is 6. The Morgan fingerprint density at radius 2 is 2.14 bits per heavy atom. The number of piperidine rings is 1. The van der Waals surface area contributed by atoms with Crippen molar-refractivity contribution < 1.29 is 19.4 Å². The number of hydrogen-bond acceptors (Lipinski definition) is 3. The van der Waals surface area contributed by atoms with Crippen LogP contribution in [-0.2, 0) is 9.53 Å². The fraction of sp³-hybridized carbons (Fsp3) is 0.867. The van der Waals surface area contributed by atoms with Crippen LogP contribution in [0.4, 0.5) is 4.79 Å². The monoisotopic (exact) mass is 298 g/mol. The lowest BCUT2D eigenvalue weighted by molar-refractivity contribution is -0.143. The predicted octanol–water partition coefficient (Wildman–Crippen LogP) is 1.70. The van der Waals surface area contributed by atoms with Crippen LogP contribution in [0.25, 0.3) is 0 Å². The first-order chi connectivity index (χ1) is 10.1. The smallest absolute Gasteiger partial charge is 0.317 e. The number of amides is 2. The molecule has 6 nitrogen and oxygen atoms in total. The van der Waals surface area contributed by atoms with Crippen molar-refractivity contribution in [3.63, 3.8) is 0 Å². The Hall–Kier alpha value is -1.30. The molecule has 2 amide bonds. The summed E-state index contributed by atoms with van der Waals surface area (Å²) in [6.07, 6.45) is 5.93. The Bertz CT molecular complexity index is 382. The van der Waals surface area contributed by atoms with E-state index in [4.69, 9.17) is 9.84 Å². The highest BCUT2D eigenvalue weighted by atomic mass is 16.5. The minimum Gasteiger partial charge on any atom is -0.481 e. The number of hydrogen-bond donors (Lipinski definition) is 2. The Labute approximate surface area is 125 Å². The highest BCUT2D eigenvalue weighted by Gasteiger charge is 2.36.